The van der Waals surface area contributed by atoms with Gasteiger partial charge >= 0.3 is 0 Å². The third-order valence-electron chi connectivity index (χ3n) is 4.34. The van der Waals surface area contributed by atoms with Crippen molar-refractivity contribution in [2.24, 2.45) is 5.73 Å². The molecule has 1 amide bonds. The monoisotopic (exact) mass is 259 g/mol. The number of carbonyl (C=O) groups is 1. The third kappa shape index (κ3) is 2.10. The van der Waals surface area contributed by atoms with Gasteiger partial charge in [-0.25, -0.2) is 0 Å². The largest absolute Gasteiger partial charge is 0.369 e. The van der Waals surface area contributed by atoms with Gasteiger partial charge in [0.15, 0.2) is 0 Å². The lowest BCUT2D eigenvalue weighted by Gasteiger charge is -2.37. The zero-order chi connectivity index (χ0) is 13.4. The standard InChI is InChI=1S/C15H21N3O/c1-2-10-5-3-4-8-18(10)11-6-7-12-13(9-11)17-15(19)14(12)16/h6-7,9-10,14H,2-5,8,16H2,1H3,(H,17,19). The van der Waals surface area contributed by atoms with E-state index in [1.165, 1.54) is 31.4 Å². The minimum atomic E-state index is -0.507. The number of carbonyl (C=O) groups excluding carboxylic acids is 1. The molecule has 0 aliphatic carbocycles. The van der Waals surface area contributed by atoms with E-state index in [0.717, 1.165) is 17.8 Å². The molecule has 0 aromatic heterocycles. The van der Waals surface area contributed by atoms with Crippen LogP contribution in [-0.4, -0.2) is 18.5 Å². The molecule has 1 aromatic carbocycles. The summed E-state index contributed by atoms with van der Waals surface area (Å²) < 4.78 is 0. The van der Waals surface area contributed by atoms with Crippen molar-refractivity contribution in [3.63, 3.8) is 0 Å². The second-order valence-corrected chi connectivity index (χ2v) is 5.49. The number of fused-ring (bicyclic) bond motifs is 1. The molecule has 1 aromatic rings. The molecular weight excluding hydrogens is 238 g/mol. The van der Waals surface area contributed by atoms with Crippen molar-refractivity contribution in [1.82, 2.24) is 0 Å². The van der Waals surface area contributed by atoms with Crippen LogP contribution in [0.2, 0.25) is 0 Å². The van der Waals surface area contributed by atoms with Crippen LogP contribution in [0.1, 0.15) is 44.2 Å². The highest BCUT2D eigenvalue weighted by atomic mass is 16.2. The van der Waals surface area contributed by atoms with Gasteiger partial charge in [-0.15, -0.1) is 0 Å². The molecule has 2 heterocycles. The number of amides is 1. The van der Waals surface area contributed by atoms with Crippen molar-refractivity contribution >= 4 is 17.3 Å². The predicted molar refractivity (Wildman–Crippen MR) is 77.3 cm³/mol. The van der Waals surface area contributed by atoms with Crippen molar-refractivity contribution < 1.29 is 4.79 Å². The molecule has 1 saturated heterocycles. The molecule has 2 atom stereocenters. The molecule has 4 heteroatoms. The lowest BCUT2D eigenvalue weighted by Crippen LogP contribution is -2.39. The van der Waals surface area contributed by atoms with E-state index in [2.05, 4.69) is 29.3 Å². The van der Waals surface area contributed by atoms with Gasteiger partial charge in [0.1, 0.15) is 6.04 Å². The Morgan fingerprint density at radius 1 is 1.42 bits per heavy atom. The Hall–Kier alpha value is -1.55. The second-order valence-electron chi connectivity index (χ2n) is 5.49. The Labute approximate surface area is 114 Å². The zero-order valence-corrected chi connectivity index (χ0v) is 11.4. The van der Waals surface area contributed by atoms with Crippen LogP contribution in [0, 0.1) is 0 Å². The number of nitrogens with zero attached hydrogens (tertiary/aromatic N) is 1. The highest BCUT2D eigenvalue weighted by molar-refractivity contribution is 6.02. The molecular formula is C15H21N3O. The van der Waals surface area contributed by atoms with Gasteiger partial charge in [0.05, 0.1) is 0 Å². The van der Waals surface area contributed by atoms with Gasteiger partial charge < -0.3 is 16.0 Å². The Kier molecular flexibility index (Phi) is 3.19. The summed E-state index contributed by atoms with van der Waals surface area (Å²) in [5.41, 5.74) is 8.85. The van der Waals surface area contributed by atoms with Crippen molar-refractivity contribution in [2.45, 2.75) is 44.7 Å². The third-order valence-corrected chi connectivity index (χ3v) is 4.34. The summed E-state index contributed by atoms with van der Waals surface area (Å²) in [7, 11) is 0. The van der Waals surface area contributed by atoms with Gasteiger partial charge in [-0.05, 0) is 37.8 Å². The van der Waals surface area contributed by atoms with Crippen LogP contribution in [0.3, 0.4) is 0 Å². The van der Waals surface area contributed by atoms with Gasteiger partial charge in [0, 0.05) is 29.5 Å². The fourth-order valence-electron chi connectivity index (χ4n) is 3.22. The van der Waals surface area contributed by atoms with Crippen LogP contribution in [-0.2, 0) is 4.79 Å². The Bertz CT molecular complexity index is 500. The SMILES string of the molecule is CCC1CCCCN1c1ccc2c(c1)NC(=O)C2N. The number of rotatable bonds is 2. The van der Waals surface area contributed by atoms with Crippen LogP contribution in [0.15, 0.2) is 18.2 Å². The normalized spacial score (nSPS) is 26.2. The maximum atomic E-state index is 11.6. The second kappa shape index (κ2) is 4.85. The number of nitrogens with two attached hydrogens (primary N) is 1. The number of nitrogens with one attached hydrogen (secondary N) is 1. The first-order valence-electron chi connectivity index (χ1n) is 7.17. The molecule has 102 valence electrons. The van der Waals surface area contributed by atoms with Gasteiger partial charge in [-0.3, -0.25) is 4.79 Å². The fraction of sp³-hybridized carbons (Fsp3) is 0.533. The van der Waals surface area contributed by atoms with E-state index < -0.39 is 6.04 Å². The van der Waals surface area contributed by atoms with Crippen LogP contribution >= 0.6 is 0 Å². The van der Waals surface area contributed by atoms with Crippen LogP contribution in [0.4, 0.5) is 11.4 Å². The van der Waals surface area contributed by atoms with Crippen LogP contribution < -0.4 is 16.0 Å². The summed E-state index contributed by atoms with van der Waals surface area (Å²) in [5.74, 6) is -0.0992. The summed E-state index contributed by atoms with van der Waals surface area (Å²) in [6.07, 6.45) is 5.00. The maximum absolute atomic E-state index is 11.6. The fourth-order valence-corrected chi connectivity index (χ4v) is 3.22. The minimum Gasteiger partial charge on any atom is -0.369 e. The van der Waals surface area contributed by atoms with E-state index in [0.29, 0.717) is 6.04 Å². The van der Waals surface area contributed by atoms with Crippen molar-refractivity contribution in [3.05, 3.63) is 23.8 Å². The van der Waals surface area contributed by atoms with E-state index >= 15 is 0 Å². The molecule has 3 rings (SSSR count). The number of piperidine rings is 1. The van der Waals surface area contributed by atoms with Gasteiger partial charge in [0.25, 0.3) is 0 Å². The summed E-state index contributed by atoms with van der Waals surface area (Å²) >= 11 is 0. The van der Waals surface area contributed by atoms with E-state index in [4.69, 9.17) is 5.73 Å². The average molecular weight is 259 g/mol. The summed E-state index contributed by atoms with van der Waals surface area (Å²) in [5, 5.41) is 2.87. The highest BCUT2D eigenvalue weighted by Crippen LogP contribution is 2.35. The molecule has 2 aliphatic heterocycles. The Morgan fingerprint density at radius 2 is 2.26 bits per heavy atom. The Balaban J connectivity index is 1.90. The first-order valence-corrected chi connectivity index (χ1v) is 7.17. The molecule has 0 radical (unpaired) electrons. The van der Waals surface area contributed by atoms with Gasteiger partial charge in [0.2, 0.25) is 5.91 Å². The topological polar surface area (TPSA) is 58.4 Å². The van der Waals surface area contributed by atoms with Crippen LogP contribution in [0.25, 0.3) is 0 Å². The molecule has 0 bridgehead atoms. The molecule has 0 spiro atoms. The number of benzene rings is 1. The van der Waals surface area contributed by atoms with Crippen LogP contribution in [0.5, 0.6) is 0 Å². The zero-order valence-electron chi connectivity index (χ0n) is 11.4. The lowest BCUT2D eigenvalue weighted by atomic mass is 9.98. The highest BCUT2D eigenvalue weighted by Gasteiger charge is 2.28. The maximum Gasteiger partial charge on any atom is 0.245 e. The average Bonchev–Trinajstić information content (AvgIpc) is 2.73. The smallest absolute Gasteiger partial charge is 0.245 e. The first kappa shape index (κ1) is 12.5. The minimum absolute atomic E-state index is 0.0992. The van der Waals surface area contributed by atoms with Crippen molar-refractivity contribution in [1.29, 1.82) is 0 Å². The summed E-state index contributed by atoms with van der Waals surface area (Å²) in [4.78, 5) is 14.1. The lowest BCUT2D eigenvalue weighted by molar-refractivity contribution is -0.116. The number of hydrogen-bond donors (Lipinski definition) is 2. The predicted octanol–water partition coefficient (Wildman–Crippen LogP) is 2.41. The summed E-state index contributed by atoms with van der Waals surface area (Å²) in [6, 6.07) is 6.29. The van der Waals surface area contributed by atoms with Crippen molar-refractivity contribution in [2.75, 3.05) is 16.8 Å². The molecule has 1 fully saturated rings. The molecule has 3 N–H and O–H groups in total. The van der Waals surface area contributed by atoms with Gasteiger partial charge in [-0.1, -0.05) is 13.0 Å². The Morgan fingerprint density at radius 3 is 3.05 bits per heavy atom. The molecule has 2 unspecified atom stereocenters. The molecule has 0 saturated carbocycles. The molecule has 4 nitrogen and oxygen atoms in total. The molecule has 19 heavy (non-hydrogen) atoms. The molecule has 2 aliphatic rings. The first-order chi connectivity index (χ1) is 9.20. The summed E-state index contributed by atoms with van der Waals surface area (Å²) in [6.45, 7) is 3.35. The van der Waals surface area contributed by atoms with E-state index in [1.54, 1.807) is 0 Å². The van der Waals surface area contributed by atoms with E-state index in [9.17, 15) is 4.79 Å². The van der Waals surface area contributed by atoms with E-state index in [-0.39, 0.29) is 5.91 Å². The van der Waals surface area contributed by atoms with Crippen molar-refractivity contribution in [3.8, 4) is 0 Å². The number of hydrogen-bond acceptors (Lipinski definition) is 3. The van der Waals surface area contributed by atoms with Gasteiger partial charge in [-0.2, -0.15) is 0 Å². The number of anilines is 2. The quantitative estimate of drug-likeness (QED) is 0.857. The van der Waals surface area contributed by atoms with E-state index in [1.807, 2.05) is 6.07 Å².